The van der Waals surface area contributed by atoms with E-state index < -0.39 is 17.9 Å². The predicted molar refractivity (Wildman–Crippen MR) is 171 cm³/mol. The molecule has 4 aromatic rings. The maximum absolute atomic E-state index is 13.4. The molecule has 224 valence electrons. The number of Topliss-reactive ketones (excluding diaryl/α,β-unsaturated/α-hetero) is 1. The monoisotopic (exact) mass is 580 g/mol. The van der Waals surface area contributed by atoms with Gasteiger partial charge in [-0.2, -0.15) is 0 Å². The summed E-state index contributed by atoms with van der Waals surface area (Å²) in [6.45, 7) is 9.60. The number of ketones is 1. The molecule has 5 rings (SSSR count). The minimum Gasteiger partial charge on any atom is -0.481 e. The Morgan fingerprint density at radius 2 is 1.65 bits per heavy atom. The number of aliphatic carboxylic acids is 1. The minimum absolute atomic E-state index is 0.00413. The van der Waals surface area contributed by atoms with Crippen LogP contribution in [0.15, 0.2) is 65.1 Å². The number of nitrogens with one attached hydrogen (secondary N) is 1. The van der Waals surface area contributed by atoms with Gasteiger partial charge >= 0.3 is 5.97 Å². The molecule has 7 nitrogen and oxygen atoms in total. The molecule has 0 spiro atoms. The van der Waals surface area contributed by atoms with Gasteiger partial charge in [-0.15, -0.1) is 0 Å². The largest absolute Gasteiger partial charge is 0.481 e. The number of anilines is 1. The first-order valence-electron chi connectivity index (χ1n) is 15.3. The lowest BCUT2D eigenvalue weighted by Gasteiger charge is -2.29. The number of carboxylic acid groups (broad SMARTS) is 1. The van der Waals surface area contributed by atoms with Crippen LogP contribution in [0.5, 0.6) is 0 Å². The standard InChI is InChI=1S/C36H40N2O5/c1-5-31(39)33-28-20-27(24-11-10-12-25(19-24)35(40)37-29-14-9-8-13-26(29)36(41)42)30(38(6-2)7-3)21-32(28)43-34(33)23-17-15-22(4)16-18-23/h10-12,15-21,26,29H,5-9,13-14H2,1-4H3,(H,37,40)(H,41,42)/t26-,29+/m1/s1. The number of carbonyl (C=O) groups excluding carboxylic acids is 2. The van der Waals surface area contributed by atoms with Gasteiger partial charge in [0.05, 0.1) is 11.5 Å². The molecule has 0 aliphatic heterocycles. The number of fused-ring (bicyclic) bond motifs is 1. The molecule has 7 heteroatoms. The average molecular weight is 581 g/mol. The second kappa shape index (κ2) is 12.9. The Hall–Kier alpha value is -4.39. The van der Waals surface area contributed by atoms with E-state index in [9.17, 15) is 19.5 Å². The summed E-state index contributed by atoms with van der Waals surface area (Å²) in [4.78, 5) is 40.8. The van der Waals surface area contributed by atoms with Gasteiger partial charge in [-0.1, -0.05) is 61.7 Å². The molecule has 1 aliphatic rings. The molecule has 0 unspecified atom stereocenters. The van der Waals surface area contributed by atoms with E-state index in [1.54, 1.807) is 6.07 Å². The summed E-state index contributed by atoms with van der Waals surface area (Å²) < 4.78 is 6.44. The number of hydrogen-bond donors (Lipinski definition) is 2. The highest BCUT2D eigenvalue weighted by atomic mass is 16.4. The number of nitrogens with zero attached hydrogens (tertiary/aromatic N) is 1. The van der Waals surface area contributed by atoms with Crippen molar-refractivity contribution in [3.63, 3.8) is 0 Å². The molecule has 43 heavy (non-hydrogen) atoms. The van der Waals surface area contributed by atoms with Crippen LogP contribution < -0.4 is 10.2 Å². The summed E-state index contributed by atoms with van der Waals surface area (Å²) in [6.07, 6.45) is 3.33. The molecule has 2 N–H and O–H groups in total. The molecule has 1 aromatic heterocycles. The zero-order valence-corrected chi connectivity index (χ0v) is 25.4. The topological polar surface area (TPSA) is 99.9 Å². The molecule has 3 aromatic carbocycles. The highest BCUT2D eigenvalue weighted by Gasteiger charge is 2.32. The number of furan rings is 1. The number of benzene rings is 3. The first kappa shape index (κ1) is 30.1. The Balaban J connectivity index is 1.62. The van der Waals surface area contributed by atoms with Crippen molar-refractivity contribution in [2.75, 3.05) is 18.0 Å². The maximum atomic E-state index is 13.4. The van der Waals surface area contributed by atoms with E-state index in [2.05, 4.69) is 24.1 Å². The van der Waals surface area contributed by atoms with Crippen LogP contribution in [0.4, 0.5) is 5.69 Å². The normalized spacial score (nSPS) is 16.7. The molecule has 1 fully saturated rings. The summed E-state index contributed by atoms with van der Waals surface area (Å²) in [5.41, 5.74) is 6.34. The molecule has 1 amide bonds. The van der Waals surface area contributed by atoms with Gasteiger partial charge in [0.15, 0.2) is 5.78 Å². The number of hydrogen-bond acceptors (Lipinski definition) is 5. The maximum Gasteiger partial charge on any atom is 0.308 e. The minimum atomic E-state index is -0.863. The lowest BCUT2D eigenvalue weighted by Crippen LogP contribution is -2.45. The predicted octanol–water partition coefficient (Wildman–Crippen LogP) is 7.89. The van der Waals surface area contributed by atoms with Gasteiger partial charge in [0.1, 0.15) is 11.3 Å². The molecular formula is C36H40N2O5. The van der Waals surface area contributed by atoms with E-state index >= 15 is 0 Å². The van der Waals surface area contributed by atoms with Crippen LogP contribution in [0.2, 0.25) is 0 Å². The Bertz CT molecular complexity index is 1650. The summed E-state index contributed by atoms with van der Waals surface area (Å²) in [6, 6.07) is 19.0. The van der Waals surface area contributed by atoms with Crippen molar-refractivity contribution >= 4 is 34.3 Å². The van der Waals surface area contributed by atoms with Gasteiger partial charge in [0.25, 0.3) is 5.91 Å². The van der Waals surface area contributed by atoms with Crippen LogP contribution in [0.1, 0.15) is 79.2 Å². The van der Waals surface area contributed by atoms with Gasteiger partial charge < -0.3 is 19.7 Å². The summed E-state index contributed by atoms with van der Waals surface area (Å²) >= 11 is 0. The molecule has 1 saturated carbocycles. The summed E-state index contributed by atoms with van der Waals surface area (Å²) in [5.74, 6) is -1.14. The van der Waals surface area contributed by atoms with Crippen LogP contribution in [0.25, 0.3) is 33.4 Å². The Morgan fingerprint density at radius 1 is 0.930 bits per heavy atom. The number of carbonyl (C=O) groups is 3. The van der Waals surface area contributed by atoms with E-state index in [-0.39, 0.29) is 11.7 Å². The van der Waals surface area contributed by atoms with E-state index in [0.29, 0.717) is 41.7 Å². The molecule has 0 radical (unpaired) electrons. The van der Waals surface area contributed by atoms with Crippen LogP contribution in [-0.2, 0) is 4.79 Å². The third-order valence-corrected chi connectivity index (χ3v) is 8.66. The molecular weight excluding hydrogens is 540 g/mol. The second-order valence-corrected chi connectivity index (χ2v) is 11.4. The number of amides is 1. The van der Waals surface area contributed by atoms with Crippen LogP contribution in [0.3, 0.4) is 0 Å². The molecule has 1 aliphatic carbocycles. The van der Waals surface area contributed by atoms with Gasteiger partial charge in [0, 0.05) is 59.4 Å². The summed E-state index contributed by atoms with van der Waals surface area (Å²) in [5, 5.41) is 13.4. The SMILES string of the molecule is CCC(=O)c1c(-c2ccc(C)cc2)oc2cc(N(CC)CC)c(-c3cccc(C(=O)N[C@H]4CCCC[C@H]4C(=O)O)c3)cc12. The number of aryl methyl sites for hydroxylation is 1. The Kier molecular flexibility index (Phi) is 9.00. The lowest BCUT2D eigenvalue weighted by atomic mass is 9.84. The molecule has 1 heterocycles. The van der Waals surface area contributed by atoms with Crippen molar-refractivity contribution < 1.29 is 23.9 Å². The van der Waals surface area contributed by atoms with E-state index in [4.69, 9.17) is 4.42 Å². The number of rotatable bonds is 10. The first-order chi connectivity index (χ1) is 20.7. The Morgan fingerprint density at radius 3 is 2.33 bits per heavy atom. The number of carboxylic acids is 1. The third kappa shape index (κ3) is 6.07. The fourth-order valence-electron chi connectivity index (χ4n) is 6.23. The third-order valence-electron chi connectivity index (χ3n) is 8.66. The second-order valence-electron chi connectivity index (χ2n) is 11.4. The average Bonchev–Trinajstić information content (AvgIpc) is 3.40. The van der Waals surface area contributed by atoms with Gasteiger partial charge in [-0.3, -0.25) is 14.4 Å². The highest BCUT2D eigenvalue weighted by Crippen LogP contribution is 2.41. The molecule has 2 atom stereocenters. The van der Waals surface area contributed by atoms with Gasteiger partial charge in [0.2, 0.25) is 0 Å². The highest BCUT2D eigenvalue weighted by molar-refractivity contribution is 6.13. The van der Waals surface area contributed by atoms with Crippen molar-refractivity contribution in [3.8, 4) is 22.5 Å². The van der Waals surface area contributed by atoms with Crippen molar-refractivity contribution in [2.24, 2.45) is 5.92 Å². The lowest BCUT2D eigenvalue weighted by molar-refractivity contribution is -0.143. The fraction of sp³-hybridized carbons (Fsp3) is 0.361. The molecule has 0 saturated heterocycles. The van der Waals surface area contributed by atoms with Crippen molar-refractivity contribution in [2.45, 2.75) is 65.8 Å². The van der Waals surface area contributed by atoms with Crippen molar-refractivity contribution in [1.82, 2.24) is 5.32 Å². The van der Waals surface area contributed by atoms with E-state index in [0.717, 1.165) is 59.3 Å². The van der Waals surface area contributed by atoms with E-state index in [1.807, 2.05) is 68.4 Å². The van der Waals surface area contributed by atoms with Gasteiger partial charge in [-0.25, -0.2) is 0 Å². The van der Waals surface area contributed by atoms with Gasteiger partial charge in [-0.05, 0) is 57.4 Å². The van der Waals surface area contributed by atoms with Crippen molar-refractivity contribution in [3.05, 3.63) is 77.4 Å². The smallest absolute Gasteiger partial charge is 0.308 e. The first-order valence-corrected chi connectivity index (χ1v) is 15.3. The zero-order chi connectivity index (χ0) is 30.7. The van der Waals surface area contributed by atoms with Crippen LogP contribution in [-0.4, -0.2) is 41.9 Å². The molecule has 0 bridgehead atoms. The van der Waals surface area contributed by atoms with Crippen LogP contribution >= 0.6 is 0 Å². The van der Waals surface area contributed by atoms with E-state index in [1.165, 1.54) is 0 Å². The summed E-state index contributed by atoms with van der Waals surface area (Å²) in [7, 11) is 0. The fourth-order valence-corrected chi connectivity index (χ4v) is 6.23. The zero-order valence-electron chi connectivity index (χ0n) is 25.4. The van der Waals surface area contributed by atoms with Crippen molar-refractivity contribution in [1.29, 1.82) is 0 Å². The van der Waals surface area contributed by atoms with Crippen LogP contribution in [0, 0.1) is 12.8 Å². The Labute approximate surface area is 252 Å². The quantitative estimate of drug-likeness (QED) is 0.185.